The number of benzene rings is 2. The molecule has 0 unspecified atom stereocenters. The molecule has 0 aliphatic heterocycles. The highest BCUT2D eigenvalue weighted by Crippen LogP contribution is 2.22. The van der Waals surface area contributed by atoms with Gasteiger partial charge in [-0.3, -0.25) is 0 Å². The van der Waals surface area contributed by atoms with E-state index in [1.165, 1.54) is 0 Å². The molecule has 0 aliphatic carbocycles. The zero-order valence-electron chi connectivity index (χ0n) is 12.5. The van der Waals surface area contributed by atoms with Crippen LogP contribution in [-0.4, -0.2) is 10.2 Å². The van der Waals surface area contributed by atoms with Gasteiger partial charge < -0.3 is 13.9 Å². The standard InChI is InChI=1S/C17H15ClN2O3/c1-12-9-13(18)7-8-15(12)22-11-17-20-19-16(23-17)10-21-14-5-3-2-4-6-14/h2-9H,10-11H2,1H3. The van der Waals surface area contributed by atoms with Crippen LogP contribution in [-0.2, 0) is 13.2 Å². The summed E-state index contributed by atoms with van der Waals surface area (Å²) in [6.07, 6.45) is 0. The average Bonchev–Trinajstić information content (AvgIpc) is 3.01. The van der Waals surface area contributed by atoms with E-state index >= 15 is 0 Å². The van der Waals surface area contributed by atoms with Crippen molar-refractivity contribution >= 4 is 11.6 Å². The van der Waals surface area contributed by atoms with Crippen LogP contribution in [0.25, 0.3) is 0 Å². The molecule has 0 atom stereocenters. The second kappa shape index (κ2) is 7.15. The molecular weight excluding hydrogens is 316 g/mol. The fraction of sp³-hybridized carbons (Fsp3) is 0.176. The third kappa shape index (κ3) is 4.23. The summed E-state index contributed by atoms with van der Waals surface area (Å²) in [7, 11) is 0. The van der Waals surface area contributed by atoms with Gasteiger partial charge in [-0.05, 0) is 42.8 Å². The molecule has 0 N–H and O–H groups in total. The first kappa shape index (κ1) is 15.4. The molecule has 3 aromatic rings. The molecule has 118 valence electrons. The summed E-state index contributed by atoms with van der Waals surface area (Å²) in [4.78, 5) is 0. The van der Waals surface area contributed by atoms with Gasteiger partial charge in [0.25, 0.3) is 11.8 Å². The van der Waals surface area contributed by atoms with Crippen LogP contribution in [0.4, 0.5) is 0 Å². The van der Waals surface area contributed by atoms with Crippen molar-refractivity contribution in [1.29, 1.82) is 0 Å². The van der Waals surface area contributed by atoms with Crippen LogP contribution in [0.1, 0.15) is 17.3 Å². The van der Waals surface area contributed by atoms with Crippen molar-refractivity contribution in [3.8, 4) is 11.5 Å². The van der Waals surface area contributed by atoms with Gasteiger partial charge in [-0.2, -0.15) is 0 Å². The topological polar surface area (TPSA) is 57.4 Å². The van der Waals surface area contributed by atoms with Gasteiger partial charge in [0, 0.05) is 5.02 Å². The largest absolute Gasteiger partial charge is 0.484 e. The van der Waals surface area contributed by atoms with Crippen molar-refractivity contribution in [2.24, 2.45) is 0 Å². The monoisotopic (exact) mass is 330 g/mol. The van der Waals surface area contributed by atoms with Crippen LogP contribution >= 0.6 is 11.6 Å². The molecule has 0 spiro atoms. The maximum atomic E-state index is 5.91. The van der Waals surface area contributed by atoms with Crippen LogP contribution in [0.15, 0.2) is 52.9 Å². The molecule has 5 nitrogen and oxygen atoms in total. The van der Waals surface area contributed by atoms with Gasteiger partial charge in [-0.1, -0.05) is 29.8 Å². The lowest BCUT2D eigenvalue weighted by Crippen LogP contribution is -1.97. The normalized spacial score (nSPS) is 10.5. The molecule has 6 heteroatoms. The minimum Gasteiger partial charge on any atom is -0.484 e. The Labute approximate surface area is 138 Å². The number of para-hydroxylation sites is 1. The number of hydrogen-bond acceptors (Lipinski definition) is 5. The Balaban J connectivity index is 1.55. The Morgan fingerprint density at radius 1 is 0.957 bits per heavy atom. The molecule has 3 rings (SSSR count). The number of aromatic nitrogens is 2. The van der Waals surface area contributed by atoms with Gasteiger partial charge >= 0.3 is 0 Å². The van der Waals surface area contributed by atoms with Crippen molar-refractivity contribution in [3.05, 3.63) is 70.9 Å². The lowest BCUT2D eigenvalue weighted by atomic mass is 10.2. The van der Waals surface area contributed by atoms with Gasteiger partial charge in [-0.25, -0.2) is 0 Å². The fourth-order valence-electron chi connectivity index (χ4n) is 1.98. The molecule has 0 fully saturated rings. The highest BCUT2D eigenvalue weighted by molar-refractivity contribution is 6.30. The number of rotatable bonds is 6. The van der Waals surface area contributed by atoms with Crippen LogP contribution in [0, 0.1) is 6.92 Å². The zero-order chi connectivity index (χ0) is 16.1. The van der Waals surface area contributed by atoms with E-state index in [4.69, 9.17) is 25.5 Å². The quantitative estimate of drug-likeness (QED) is 0.678. The van der Waals surface area contributed by atoms with Crippen LogP contribution in [0.3, 0.4) is 0 Å². The van der Waals surface area contributed by atoms with E-state index in [9.17, 15) is 0 Å². The van der Waals surface area contributed by atoms with E-state index in [0.717, 1.165) is 17.1 Å². The van der Waals surface area contributed by atoms with E-state index in [0.29, 0.717) is 16.8 Å². The summed E-state index contributed by atoms with van der Waals surface area (Å²) in [5, 5.41) is 8.55. The summed E-state index contributed by atoms with van der Waals surface area (Å²) in [6.45, 7) is 2.34. The summed E-state index contributed by atoms with van der Waals surface area (Å²) in [5.74, 6) is 2.28. The molecule has 2 aromatic carbocycles. The van der Waals surface area contributed by atoms with Crippen molar-refractivity contribution < 1.29 is 13.9 Å². The SMILES string of the molecule is Cc1cc(Cl)ccc1OCc1nnc(COc2ccccc2)o1. The Morgan fingerprint density at radius 2 is 1.65 bits per heavy atom. The van der Waals surface area contributed by atoms with E-state index in [-0.39, 0.29) is 13.2 Å². The summed E-state index contributed by atoms with van der Waals surface area (Å²) >= 11 is 5.91. The fourth-order valence-corrected chi connectivity index (χ4v) is 2.21. The first-order valence-electron chi connectivity index (χ1n) is 7.09. The molecular formula is C17H15ClN2O3. The smallest absolute Gasteiger partial charge is 0.254 e. The Bertz CT molecular complexity index is 775. The molecule has 0 amide bonds. The number of nitrogens with zero attached hydrogens (tertiary/aromatic N) is 2. The maximum Gasteiger partial charge on any atom is 0.254 e. The number of aryl methyl sites for hydroxylation is 1. The highest BCUT2D eigenvalue weighted by atomic mass is 35.5. The van der Waals surface area contributed by atoms with E-state index in [1.54, 1.807) is 6.07 Å². The van der Waals surface area contributed by atoms with E-state index < -0.39 is 0 Å². The van der Waals surface area contributed by atoms with Crippen molar-refractivity contribution in [3.63, 3.8) is 0 Å². The molecule has 0 saturated heterocycles. The Kier molecular flexibility index (Phi) is 4.78. The summed E-state index contributed by atoms with van der Waals surface area (Å²) < 4.78 is 16.7. The van der Waals surface area contributed by atoms with Gasteiger partial charge in [0.15, 0.2) is 13.2 Å². The minimum absolute atomic E-state index is 0.195. The molecule has 0 aliphatic rings. The van der Waals surface area contributed by atoms with E-state index in [2.05, 4.69) is 10.2 Å². The average molecular weight is 331 g/mol. The van der Waals surface area contributed by atoms with Crippen LogP contribution < -0.4 is 9.47 Å². The van der Waals surface area contributed by atoms with Crippen molar-refractivity contribution in [2.45, 2.75) is 20.1 Å². The number of halogens is 1. The van der Waals surface area contributed by atoms with E-state index in [1.807, 2.05) is 49.4 Å². The first-order valence-corrected chi connectivity index (χ1v) is 7.46. The summed E-state index contributed by atoms with van der Waals surface area (Å²) in [6, 6.07) is 14.9. The number of ether oxygens (including phenoxy) is 2. The molecule has 0 saturated carbocycles. The highest BCUT2D eigenvalue weighted by Gasteiger charge is 2.09. The minimum atomic E-state index is 0.195. The lowest BCUT2D eigenvalue weighted by Gasteiger charge is -2.06. The molecule has 1 heterocycles. The molecule has 1 aromatic heterocycles. The van der Waals surface area contributed by atoms with Gasteiger partial charge in [0.05, 0.1) is 0 Å². The summed E-state index contributed by atoms with van der Waals surface area (Å²) in [5.41, 5.74) is 0.949. The predicted octanol–water partition coefficient (Wildman–Crippen LogP) is 4.19. The predicted molar refractivity (Wildman–Crippen MR) is 85.6 cm³/mol. The lowest BCUT2D eigenvalue weighted by molar-refractivity contribution is 0.231. The Morgan fingerprint density at radius 3 is 2.35 bits per heavy atom. The second-order valence-electron chi connectivity index (χ2n) is 4.89. The van der Waals surface area contributed by atoms with Gasteiger partial charge in [0.1, 0.15) is 11.5 Å². The van der Waals surface area contributed by atoms with Crippen LogP contribution in [0.5, 0.6) is 11.5 Å². The van der Waals surface area contributed by atoms with Gasteiger partial charge in [0.2, 0.25) is 0 Å². The van der Waals surface area contributed by atoms with Crippen molar-refractivity contribution in [2.75, 3.05) is 0 Å². The molecule has 0 bridgehead atoms. The third-order valence-electron chi connectivity index (χ3n) is 3.10. The van der Waals surface area contributed by atoms with Gasteiger partial charge in [-0.15, -0.1) is 10.2 Å². The third-order valence-corrected chi connectivity index (χ3v) is 3.34. The molecule has 0 radical (unpaired) electrons. The van der Waals surface area contributed by atoms with Crippen LogP contribution in [0.2, 0.25) is 5.02 Å². The maximum absolute atomic E-state index is 5.91. The first-order chi connectivity index (χ1) is 11.2. The number of hydrogen-bond donors (Lipinski definition) is 0. The molecule has 23 heavy (non-hydrogen) atoms. The second-order valence-corrected chi connectivity index (χ2v) is 5.33. The van der Waals surface area contributed by atoms with Crippen molar-refractivity contribution in [1.82, 2.24) is 10.2 Å². The zero-order valence-corrected chi connectivity index (χ0v) is 13.3. The Hall–Kier alpha value is -2.53.